The second-order valence-corrected chi connectivity index (χ2v) is 15.2. The molecule has 0 amide bonds. The maximum absolute atomic E-state index is 12.7. The SMILES string of the molecule is CCCCCCCCC=CCCCCCCCC(=O)OC(CCCCCCCCCCCCCCCCCC)C[N+](C)(C)CC(=O)[O-]. The summed E-state index contributed by atoms with van der Waals surface area (Å²) in [6.45, 7) is 5.00. The number of rotatable bonds is 37. The number of aliphatic carboxylic acids is 1. The van der Waals surface area contributed by atoms with Crippen LogP contribution in [0.15, 0.2) is 12.2 Å². The first kappa shape index (κ1) is 45.6. The van der Waals surface area contributed by atoms with E-state index in [0.717, 1.165) is 38.5 Å². The van der Waals surface area contributed by atoms with E-state index < -0.39 is 5.97 Å². The Morgan fingerprint density at radius 2 is 0.915 bits per heavy atom. The molecule has 47 heavy (non-hydrogen) atoms. The molecule has 0 saturated heterocycles. The van der Waals surface area contributed by atoms with Crippen LogP contribution in [0.3, 0.4) is 0 Å². The average molecular weight is 664 g/mol. The quantitative estimate of drug-likeness (QED) is 0.0287. The van der Waals surface area contributed by atoms with Crippen LogP contribution in [0.5, 0.6) is 0 Å². The topological polar surface area (TPSA) is 66.4 Å². The number of quaternary nitrogens is 1. The van der Waals surface area contributed by atoms with Crippen LogP contribution in [-0.2, 0) is 14.3 Å². The van der Waals surface area contributed by atoms with Crippen molar-refractivity contribution >= 4 is 11.9 Å². The lowest BCUT2D eigenvalue weighted by Gasteiger charge is -2.33. The van der Waals surface area contributed by atoms with Crippen LogP contribution < -0.4 is 5.11 Å². The van der Waals surface area contributed by atoms with Gasteiger partial charge in [-0.1, -0.05) is 174 Å². The summed E-state index contributed by atoms with van der Waals surface area (Å²) in [5.41, 5.74) is 0. The number of carbonyl (C=O) groups excluding carboxylic acids is 2. The van der Waals surface area contributed by atoms with Gasteiger partial charge in [-0.25, -0.2) is 0 Å². The summed E-state index contributed by atoms with van der Waals surface area (Å²) in [5.74, 6) is -1.19. The fourth-order valence-corrected chi connectivity index (χ4v) is 6.66. The third-order valence-electron chi connectivity index (χ3n) is 9.58. The normalized spacial score (nSPS) is 12.6. The monoisotopic (exact) mass is 664 g/mol. The first-order valence-electron chi connectivity index (χ1n) is 20.7. The van der Waals surface area contributed by atoms with Crippen LogP contribution in [0.4, 0.5) is 0 Å². The van der Waals surface area contributed by atoms with Crippen LogP contribution in [-0.4, -0.2) is 49.7 Å². The maximum Gasteiger partial charge on any atom is 0.306 e. The maximum atomic E-state index is 12.7. The molecule has 0 N–H and O–H groups in total. The second-order valence-electron chi connectivity index (χ2n) is 15.2. The third-order valence-corrected chi connectivity index (χ3v) is 9.58. The van der Waals surface area contributed by atoms with Crippen molar-refractivity contribution in [3.05, 3.63) is 12.2 Å². The highest BCUT2D eigenvalue weighted by molar-refractivity contribution is 5.69. The lowest BCUT2D eigenvalue weighted by molar-refractivity contribution is -0.887. The van der Waals surface area contributed by atoms with Crippen molar-refractivity contribution in [3.63, 3.8) is 0 Å². The summed E-state index contributed by atoms with van der Waals surface area (Å²) in [7, 11) is 3.77. The number of carbonyl (C=O) groups is 2. The van der Waals surface area contributed by atoms with Gasteiger partial charge in [-0.05, 0) is 44.9 Å². The summed E-state index contributed by atoms with van der Waals surface area (Å²) in [6.07, 6.45) is 43.2. The van der Waals surface area contributed by atoms with Gasteiger partial charge in [0.2, 0.25) is 0 Å². The minimum Gasteiger partial charge on any atom is -0.544 e. The Morgan fingerprint density at radius 3 is 1.32 bits per heavy atom. The molecule has 1 atom stereocenters. The lowest BCUT2D eigenvalue weighted by atomic mass is 10.0. The Bertz CT molecular complexity index is 719. The van der Waals surface area contributed by atoms with Crippen molar-refractivity contribution in [2.24, 2.45) is 0 Å². The number of carboxylic acid groups (broad SMARTS) is 1. The largest absolute Gasteiger partial charge is 0.544 e. The highest BCUT2D eigenvalue weighted by Crippen LogP contribution is 2.17. The van der Waals surface area contributed by atoms with E-state index in [9.17, 15) is 14.7 Å². The van der Waals surface area contributed by atoms with Crippen molar-refractivity contribution in [2.45, 2.75) is 219 Å². The van der Waals surface area contributed by atoms with Crippen LogP contribution in [0.1, 0.15) is 213 Å². The van der Waals surface area contributed by atoms with E-state index in [1.165, 1.54) is 154 Å². The van der Waals surface area contributed by atoms with E-state index in [2.05, 4.69) is 26.0 Å². The number of esters is 1. The summed E-state index contributed by atoms with van der Waals surface area (Å²) in [4.78, 5) is 24.0. The van der Waals surface area contributed by atoms with E-state index in [4.69, 9.17) is 4.74 Å². The molecule has 0 aliphatic heterocycles. The Kier molecular flexibility index (Phi) is 33.5. The fraction of sp³-hybridized carbons (Fsp3) is 0.905. The van der Waals surface area contributed by atoms with Gasteiger partial charge in [0.25, 0.3) is 0 Å². The predicted molar refractivity (Wildman–Crippen MR) is 200 cm³/mol. The molecule has 0 aliphatic carbocycles. The fourth-order valence-electron chi connectivity index (χ4n) is 6.66. The number of carboxylic acids is 1. The first-order valence-corrected chi connectivity index (χ1v) is 20.7. The van der Waals surface area contributed by atoms with Crippen LogP contribution in [0.2, 0.25) is 0 Å². The van der Waals surface area contributed by atoms with Gasteiger partial charge in [-0.2, -0.15) is 0 Å². The minimum atomic E-state index is -1.06. The van der Waals surface area contributed by atoms with Gasteiger partial charge in [0.15, 0.2) is 6.10 Å². The van der Waals surface area contributed by atoms with E-state index in [1.807, 2.05) is 14.1 Å². The van der Waals surface area contributed by atoms with Gasteiger partial charge < -0.3 is 19.1 Å². The number of hydrogen-bond donors (Lipinski definition) is 0. The number of nitrogens with zero attached hydrogens (tertiary/aromatic N) is 1. The smallest absolute Gasteiger partial charge is 0.306 e. The van der Waals surface area contributed by atoms with Crippen LogP contribution >= 0.6 is 0 Å². The van der Waals surface area contributed by atoms with E-state index in [-0.39, 0.29) is 23.1 Å². The van der Waals surface area contributed by atoms with E-state index in [0.29, 0.717) is 13.0 Å². The molecule has 0 radical (unpaired) electrons. The Morgan fingerprint density at radius 1 is 0.553 bits per heavy atom. The number of ether oxygens (including phenoxy) is 1. The number of likely N-dealkylation sites (N-methyl/N-ethyl adjacent to an activating group) is 1. The molecule has 5 nitrogen and oxygen atoms in total. The lowest BCUT2D eigenvalue weighted by Crippen LogP contribution is -2.52. The number of allylic oxidation sites excluding steroid dienone is 2. The minimum absolute atomic E-state index is 0.0682. The molecular weight excluding hydrogens is 582 g/mol. The van der Waals surface area contributed by atoms with Gasteiger partial charge >= 0.3 is 5.97 Å². The second kappa shape index (κ2) is 34.5. The van der Waals surface area contributed by atoms with Crippen molar-refractivity contribution < 1.29 is 23.9 Å². The predicted octanol–water partition coefficient (Wildman–Crippen LogP) is 11.4. The average Bonchev–Trinajstić information content (AvgIpc) is 3.01. The van der Waals surface area contributed by atoms with Crippen LogP contribution in [0.25, 0.3) is 0 Å². The molecular formula is C42H81NO4. The third kappa shape index (κ3) is 35.8. The molecule has 0 bridgehead atoms. The molecule has 1 unspecified atom stereocenters. The summed E-state index contributed by atoms with van der Waals surface area (Å²) < 4.78 is 6.20. The van der Waals surface area contributed by atoms with Crippen molar-refractivity contribution in [1.82, 2.24) is 0 Å². The highest BCUT2D eigenvalue weighted by Gasteiger charge is 2.25. The Labute approximate surface area is 293 Å². The zero-order valence-corrected chi connectivity index (χ0v) is 32.1. The first-order chi connectivity index (χ1) is 22.8. The van der Waals surface area contributed by atoms with Gasteiger partial charge in [0.05, 0.1) is 20.1 Å². The van der Waals surface area contributed by atoms with E-state index in [1.54, 1.807) is 0 Å². The van der Waals surface area contributed by atoms with Gasteiger partial charge in [-0.3, -0.25) is 4.79 Å². The molecule has 5 heteroatoms. The van der Waals surface area contributed by atoms with Crippen molar-refractivity contribution in [2.75, 3.05) is 27.2 Å². The molecule has 0 aromatic heterocycles. The van der Waals surface area contributed by atoms with Crippen molar-refractivity contribution in [1.29, 1.82) is 0 Å². The molecule has 0 fully saturated rings. The zero-order chi connectivity index (χ0) is 34.7. The molecule has 0 aliphatic rings. The standard InChI is InChI=1S/C42H81NO4/c1-5-7-9-11-13-15-17-19-21-23-24-26-28-30-32-34-36-40(38-43(3,4)39-41(44)45)47-42(46)37-35-33-31-29-27-25-22-20-18-16-14-12-10-8-6-2/h20,22,40H,5-19,21,23-39H2,1-4H3. The Hall–Kier alpha value is -1.36. The van der Waals surface area contributed by atoms with E-state index >= 15 is 0 Å². The number of hydrogen-bond acceptors (Lipinski definition) is 4. The molecule has 0 aromatic rings. The van der Waals surface area contributed by atoms with Gasteiger partial charge in [0.1, 0.15) is 13.1 Å². The summed E-state index contributed by atoms with van der Waals surface area (Å²) >= 11 is 0. The molecule has 0 spiro atoms. The summed E-state index contributed by atoms with van der Waals surface area (Å²) in [6, 6.07) is 0. The van der Waals surface area contributed by atoms with Gasteiger partial charge in [-0.15, -0.1) is 0 Å². The molecule has 0 heterocycles. The number of unbranched alkanes of at least 4 members (excludes halogenated alkanes) is 26. The molecule has 0 saturated carbocycles. The van der Waals surface area contributed by atoms with Crippen LogP contribution in [0, 0.1) is 0 Å². The van der Waals surface area contributed by atoms with Crippen molar-refractivity contribution in [3.8, 4) is 0 Å². The zero-order valence-electron chi connectivity index (χ0n) is 32.1. The summed E-state index contributed by atoms with van der Waals surface area (Å²) in [5, 5.41) is 11.3. The highest BCUT2D eigenvalue weighted by atomic mass is 16.5. The van der Waals surface area contributed by atoms with Gasteiger partial charge in [0, 0.05) is 6.42 Å². The Balaban J connectivity index is 4.03. The molecule has 0 rings (SSSR count). The molecule has 0 aromatic carbocycles. The molecule has 278 valence electrons.